The third-order valence-electron chi connectivity index (χ3n) is 2.96. The Labute approximate surface area is 133 Å². The summed E-state index contributed by atoms with van der Waals surface area (Å²) in [7, 11) is 0. The minimum Gasteiger partial charge on any atom is -0.478 e. The molecule has 0 aliphatic carbocycles. The van der Waals surface area contributed by atoms with Gasteiger partial charge in [0.05, 0.1) is 11.6 Å². The molecule has 0 aromatic heterocycles. The van der Waals surface area contributed by atoms with E-state index >= 15 is 0 Å². The Morgan fingerprint density at radius 1 is 1.14 bits per heavy atom. The van der Waals surface area contributed by atoms with Crippen molar-refractivity contribution in [1.82, 2.24) is 0 Å². The van der Waals surface area contributed by atoms with Crippen LogP contribution in [0.15, 0.2) is 66.8 Å². The maximum Gasteiger partial charge on any atom is 0.328 e. The number of halogens is 1. The highest BCUT2D eigenvalue weighted by Gasteiger charge is 2.05. The molecule has 2 aromatic rings. The molecule has 0 bridgehead atoms. The molecule has 0 radical (unpaired) electrons. The van der Waals surface area contributed by atoms with Crippen molar-refractivity contribution in [3.63, 3.8) is 0 Å². The molecule has 0 heterocycles. The van der Waals surface area contributed by atoms with Crippen LogP contribution in [0.25, 0.3) is 5.57 Å². The second-order valence-corrected chi connectivity index (χ2v) is 4.91. The smallest absolute Gasteiger partial charge is 0.328 e. The summed E-state index contributed by atoms with van der Waals surface area (Å²) in [5, 5.41) is 18.4. The molecule has 4 heteroatoms. The van der Waals surface area contributed by atoms with E-state index in [1.54, 1.807) is 36.4 Å². The van der Waals surface area contributed by atoms with Gasteiger partial charge in [-0.05, 0) is 41.0 Å². The number of nitriles is 1. The topological polar surface area (TPSA) is 61.1 Å². The summed E-state index contributed by atoms with van der Waals surface area (Å²) in [6, 6.07) is 16.5. The van der Waals surface area contributed by atoms with Crippen LogP contribution in [0.5, 0.6) is 0 Å². The average molecular weight is 310 g/mol. The first-order valence-corrected chi connectivity index (χ1v) is 6.86. The summed E-state index contributed by atoms with van der Waals surface area (Å²) in [6.45, 7) is 0. The summed E-state index contributed by atoms with van der Waals surface area (Å²) in [6.07, 6.45) is 4.23. The summed E-state index contributed by atoms with van der Waals surface area (Å²) >= 11 is 5.90. The van der Waals surface area contributed by atoms with Gasteiger partial charge in [-0.15, -0.1) is 0 Å². The lowest BCUT2D eigenvalue weighted by atomic mass is 9.96. The van der Waals surface area contributed by atoms with Crippen LogP contribution in [0, 0.1) is 11.3 Å². The Kier molecular flexibility index (Phi) is 5.13. The summed E-state index contributed by atoms with van der Waals surface area (Å²) in [4.78, 5) is 10.6. The fourth-order valence-electron chi connectivity index (χ4n) is 1.97. The van der Waals surface area contributed by atoms with E-state index in [2.05, 4.69) is 6.07 Å². The number of rotatable bonds is 4. The number of carboxylic acid groups (broad SMARTS) is 1. The van der Waals surface area contributed by atoms with Crippen LogP contribution < -0.4 is 0 Å². The van der Waals surface area contributed by atoms with Gasteiger partial charge in [0.15, 0.2) is 0 Å². The quantitative estimate of drug-likeness (QED) is 0.677. The standard InChI is InChI=1S/C18H12ClNO2/c19-16-9-7-14(8-10-16)17(5-2-6-18(21)22)15-4-1-3-13(11-15)12-20/h1-11H,(H,21,22)/b6-2+,17-5-. The van der Waals surface area contributed by atoms with Gasteiger partial charge in [0.2, 0.25) is 0 Å². The Balaban J connectivity index is 2.52. The molecule has 0 atom stereocenters. The van der Waals surface area contributed by atoms with Gasteiger partial charge in [0.25, 0.3) is 0 Å². The lowest BCUT2D eigenvalue weighted by Crippen LogP contribution is -1.90. The SMILES string of the molecule is N#Cc1cccc(/C(=C\C=C\C(=O)O)c2ccc(Cl)cc2)c1. The van der Waals surface area contributed by atoms with E-state index in [4.69, 9.17) is 22.0 Å². The number of carbonyl (C=O) groups is 1. The maximum absolute atomic E-state index is 10.6. The highest BCUT2D eigenvalue weighted by atomic mass is 35.5. The highest BCUT2D eigenvalue weighted by Crippen LogP contribution is 2.25. The zero-order chi connectivity index (χ0) is 15.9. The molecule has 2 aromatic carbocycles. The molecule has 0 saturated carbocycles. The first kappa shape index (κ1) is 15.6. The van der Waals surface area contributed by atoms with Gasteiger partial charge in [-0.2, -0.15) is 5.26 Å². The average Bonchev–Trinajstić information content (AvgIpc) is 2.52. The zero-order valence-corrected chi connectivity index (χ0v) is 12.3. The van der Waals surface area contributed by atoms with Crippen molar-refractivity contribution in [2.45, 2.75) is 0 Å². The van der Waals surface area contributed by atoms with Gasteiger partial charge in [0, 0.05) is 11.1 Å². The van der Waals surface area contributed by atoms with Crippen LogP contribution in [0.3, 0.4) is 0 Å². The van der Waals surface area contributed by atoms with E-state index in [1.807, 2.05) is 18.2 Å². The molecule has 0 aliphatic rings. The van der Waals surface area contributed by atoms with E-state index < -0.39 is 5.97 Å². The molecule has 2 rings (SSSR count). The molecule has 0 amide bonds. The fraction of sp³-hybridized carbons (Fsp3) is 0. The van der Waals surface area contributed by atoms with Crippen LogP contribution in [-0.4, -0.2) is 11.1 Å². The van der Waals surface area contributed by atoms with Crippen LogP contribution in [0.2, 0.25) is 5.02 Å². The highest BCUT2D eigenvalue weighted by molar-refractivity contribution is 6.30. The van der Waals surface area contributed by atoms with Gasteiger partial charge >= 0.3 is 5.97 Å². The molecule has 3 nitrogen and oxygen atoms in total. The zero-order valence-electron chi connectivity index (χ0n) is 11.5. The Bertz CT molecular complexity index is 783. The second-order valence-electron chi connectivity index (χ2n) is 4.48. The van der Waals surface area contributed by atoms with Crippen molar-refractivity contribution in [2.24, 2.45) is 0 Å². The Hall–Kier alpha value is -2.83. The Morgan fingerprint density at radius 2 is 1.86 bits per heavy atom. The third-order valence-corrected chi connectivity index (χ3v) is 3.21. The van der Waals surface area contributed by atoms with Crippen LogP contribution in [0.4, 0.5) is 0 Å². The molecule has 0 spiro atoms. The number of carboxylic acids is 1. The van der Waals surface area contributed by atoms with Gasteiger partial charge in [-0.25, -0.2) is 4.79 Å². The van der Waals surface area contributed by atoms with Gasteiger partial charge in [0.1, 0.15) is 0 Å². The van der Waals surface area contributed by atoms with Gasteiger partial charge in [-0.1, -0.05) is 48.0 Å². The van der Waals surface area contributed by atoms with Crippen molar-refractivity contribution in [3.8, 4) is 6.07 Å². The third kappa shape index (κ3) is 4.08. The van der Waals surface area contributed by atoms with Crippen LogP contribution in [-0.2, 0) is 4.79 Å². The molecule has 108 valence electrons. The fourth-order valence-corrected chi connectivity index (χ4v) is 2.10. The van der Waals surface area contributed by atoms with E-state index in [0.29, 0.717) is 10.6 Å². The number of nitrogens with zero attached hydrogens (tertiary/aromatic N) is 1. The summed E-state index contributed by atoms with van der Waals surface area (Å²) < 4.78 is 0. The van der Waals surface area contributed by atoms with Crippen molar-refractivity contribution >= 4 is 23.1 Å². The molecule has 0 unspecified atom stereocenters. The van der Waals surface area contributed by atoms with Crippen molar-refractivity contribution in [1.29, 1.82) is 5.26 Å². The monoisotopic (exact) mass is 309 g/mol. The first-order valence-electron chi connectivity index (χ1n) is 6.48. The number of hydrogen-bond donors (Lipinski definition) is 1. The van der Waals surface area contributed by atoms with Crippen molar-refractivity contribution in [3.05, 3.63) is 88.5 Å². The first-order chi connectivity index (χ1) is 10.6. The van der Waals surface area contributed by atoms with Gasteiger partial charge in [-0.3, -0.25) is 0 Å². The van der Waals surface area contributed by atoms with E-state index in [1.165, 1.54) is 6.08 Å². The van der Waals surface area contributed by atoms with E-state index in [9.17, 15) is 4.79 Å². The number of allylic oxidation sites excluding steroid dienone is 2. The second kappa shape index (κ2) is 7.26. The number of aliphatic carboxylic acids is 1. The predicted octanol–water partition coefficient (Wildman–Crippen LogP) is 4.28. The Morgan fingerprint density at radius 3 is 2.50 bits per heavy atom. The lowest BCUT2D eigenvalue weighted by molar-refractivity contribution is -0.131. The predicted molar refractivity (Wildman–Crippen MR) is 86.5 cm³/mol. The molecular weight excluding hydrogens is 298 g/mol. The maximum atomic E-state index is 10.6. The number of benzene rings is 2. The molecule has 22 heavy (non-hydrogen) atoms. The van der Waals surface area contributed by atoms with Gasteiger partial charge < -0.3 is 5.11 Å². The van der Waals surface area contributed by atoms with E-state index in [-0.39, 0.29) is 0 Å². The molecular formula is C18H12ClNO2. The molecule has 0 aliphatic heterocycles. The normalized spacial score (nSPS) is 11.4. The van der Waals surface area contributed by atoms with Crippen LogP contribution in [0.1, 0.15) is 16.7 Å². The largest absolute Gasteiger partial charge is 0.478 e. The number of hydrogen-bond acceptors (Lipinski definition) is 2. The molecule has 0 saturated heterocycles. The minimum atomic E-state index is -1.02. The summed E-state index contributed by atoms with van der Waals surface area (Å²) in [5.74, 6) is -1.02. The van der Waals surface area contributed by atoms with Crippen LogP contribution >= 0.6 is 11.6 Å². The van der Waals surface area contributed by atoms with Crippen molar-refractivity contribution < 1.29 is 9.90 Å². The molecule has 0 fully saturated rings. The van der Waals surface area contributed by atoms with E-state index in [0.717, 1.165) is 22.8 Å². The minimum absolute atomic E-state index is 0.541. The summed E-state index contributed by atoms with van der Waals surface area (Å²) in [5.41, 5.74) is 3.07. The lowest BCUT2D eigenvalue weighted by Gasteiger charge is -2.08. The molecule has 1 N–H and O–H groups in total. The van der Waals surface area contributed by atoms with Crippen molar-refractivity contribution in [2.75, 3.05) is 0 Å².